The fraction of sp³-hybridized carbons (Fsp3) is 0.348. The predicted molar refractivity (Wildman–Crippen MR) is 124 cm³/mol. The van der Waals surface area contributed by atoms with Crippen molar-refractivity contribution in [3.8, 4) is 11.1 Å². The molecule has 3 heterocycles. The Bertz CT molecular complexity index is 1120. The van der Waals surface area contributed by atoms with Gasteiger partial charge in [0.2, 0.25) is 5.91 Å². The van der Waals surface area contributed by atoms with Crippen LogP contribution in [-0.4, -0.2) is 66.3 Å². The summed E-state index contributed by atoms with van der Waals surface area (Å²) in [6.07, 6.45) is 2.78. The predicted octanol–water partition coefficient (Wildman–Crippen LogP) is 2.13. The molecule has 1 atom stereocenters. The Labute approximate surface area is 195 Å². The summed E-state index contributed by atoms with van der Waals surface area (Å²) in [7, 11) is 0. The highest BCUT2D eigenvalue weighted by Crippen LogP contribution is 2.30. The van der Waals surface area contributed by atoms with Crippen molar-refractivity contribution in [2.24, 2.45) is 10.8 Å². The maximum absolute atomic E-state index is 14.9. The second kappa shape index (κ2) is 9.96. The van der Waals surface area contributed by atoms with E-state index in [2.05, 4.69) is 10.1 Å². The normalized spacial score (nSPS) is 17.8. The second-order valence-corrected chi connectivity index (χ2v) is 8.07. The van der Waals surface area contributed by atoms with Crippen molar-refractivity contribution in [2.45, 2.75) is 25.9 Å². The fourth-order valence-corrected chi connectivity index (χ4v) is 3.77. The number of ketones is 1. The molecule has 178 valence electrons. The van der Waals surface area contributed by atoms with E-state index in [0.717, 1.165) is 0 Å². The molecule has 0 aliphatic carbocycles. The molecule has 1 aromatic heterocycles. The number of Topliss-reactive ketones (excluding diaryl/α,β-unsaturated/α-hetero) is 1. The largest absolute Gasteiger partial charge is 0.444 e. The van der Waals surface area contributed by atoms with Crippen LogP contribution in [-0.2, 0) is 14.3 Å². The van der Waals surface area contributed by atoms with Crippen LogP contribution in [0.3, 0.4) is 0 Å². The zero-order valence-corrected chi connectivity index (χ0v) is 18.7. The summed E-state index contributed by atoms with van der Waals surface area (Å²) in [4.78, 5) is 42.2. The Balaban J connectivity index is 1.44. The van der Waals surface area contributed by atoms with Gasteiger partial charge in [0.05, 0.1) is 25.3 Å². The molecule has 0 spiro atoms. The van der Waals surface area contributed by atoms with Gasteiger partial charge in [0, 0.05) is 30.3 Å². The van der Waals surface area contributed by atoms with E-state index >= 15 is 0 Å². The van der Waals surface area contributed by atoms with Crippen molar-refractivity contribution in [3.63, 3.8) is 0 Å². The highest BCUT2D eigenvalue weighted by atomic mass is 19.1. The number of rotatable bonds is 7. The number of carbonyl (C=O) groups excluding carboxylic acids is 3. The van der Waals surface area contributed by atoms with Gasteiger partial charge in [0.25, 0.3) is 0 Å². The molecule has 34 heavy (non-hydrogen) atoms. The third-order valence-corrected chi connectivity index (χ3v) is 5.66. The van der Waals surface area contributed by atoms with Gasteiger partial charge in [-0.2, -0.15) is 5.10 Å². The van der Waals surface area contributed by atoms with Gasteiger partial charge in [-0.3, -0.25) is 14.6 Å². The summed E-state index contributed by atoms with van der Waals surface area (Å²) in [6.45, 7) is 2.57. The highest BCUT2D eigenvalue weighted by molar-refractivity contribution is 5.90. The highest BCUT2D eigenvalue weighted by Gasteiger charge is 2.32. The molecule has 1 fully saturated rings. The number of anilines is 2. The second-order valence-electron chi connectivity index (χ2n) is 8.07. The molecule has 11 heteroatoms. The zero-order chi connectivity index (χ0) is 24.2. The Morgan fingerprint density at radius 3 is 2.68 bits per heavy atom. The number of hydrogen-bond acceptors (Lipinski definition) is 8. The average Bonchev–Trinajstić information content (AvgIpc) is 3.23. The Hall–Kier alpha value is -3.86. The molecular formula is C23H25FN6O4. The molecule has 4 rings (SSSR count). The number of pyridine rings is 1. The molecule has 2 aliphatic rings. The molecule has 0 bridgehead atoms. The lowest BCUT2D eigenvalue weighted by Gasteiger charge is -2.27. The summed E-state index contributed by atoms with van der Waals surface area (Å²) in [5.74, 6) is -0.119. The number of nitrogens with two attached hydrogens (primary N) is 1. The molecular weight excluding hydrogens is 443 g/mol. The average molecular weight is 468 g/mol. The van der Waals surface area contributed by atoms with Gasteiger partial charge in [-0.05, 0) is 43.7 Å². The molecule has 1 saturated heterocycles. The Morgan fingerprint density at radius 1 is 1.24 bits per heavy atom. The smallest absolute Gasteiger partial charge is 0.414 e. The number of hydrogen-bond donors (Lipinski definition) is 1. The van der Waals surface area contributed by atoms with Crippen LogP contribution in [0.1, 0.15) is 19.8 Å². The van der Waals surface area contributed by atoms with Gasteiger partial charge < -0.3 is 15.3 Å². The molecule has 10 nitrogen and oxygen atoms in total. The number of aromatic nitrogens is 1. The van der Waals surface area contributed by atoms with E-state index in [4.69, 9.17) is 10.5 Å². The van der Waals surface area contributed by atoms with Gasteiger partial charge in [-0.15, -0.1) is 0 Å². The molecule has 1 aromatic carbocycles. The van der Waals surface area contributed by atoms with Crippen LogP contribution in [0, 0.1) is 5.82 Å². The number of benzene rings is 1. The SMILES string of the molecule is CC(=O)CC[C@H]1CN(c2ccc(-c3ccc(N4CCN(C(=O)CN)C=N4)nc3)c(F)c2)C(=O)O1. The summed E-state index contributed by atoms with van der Waals surface area (Å²) >= 11 is 0. The molecule has 0 unspecified atom stereocenters. The standard InChI is InChI=1S/C23H25FN6O4/c1-15(31)2-5-18-13-29(23(33)34-18)17-4-6-19(20(24)10-17)16-3-7-21(26-12-16)30-9-8-28(14-27-30)22(32)11-25/h3-4,6-7,10,12,14,18H,2,5,8-9,11,13,25H2,1H3/t18-/m0/s1. The molecule has 2 N–H and O–H groups in total. The van der Waals surface area contributed by atoms with E-state index in [-0.39, 0.29) is 24.8 Å². The van der Waals surface area contributed by atoms with Crippen molar-refractivity contribution in [3.05, 3.63) is 42.3 Å². The van der Waals surface area contributed by atoms with Gasteiger partial charge in [-0.1, -0.05) is 0 Å². The summed E-state index contributed by atoms with van der Waals surface area (Å²) < 4.78 is 20.2. The van der Waals surface area contributed by atoms with Crippen molar-refractivity contribution >= 4 is 35.6 Å². The van der Waals surface area contributed by atoms with Crippen molar-refractivity contribution in [1.29, 1.82) is 0 Å². The van der Waals surface area contributed by atoms with E-state index in [1.165, 1.54) is 29.1 Å². The minimum atomic E-state index is -0.555. The lowest BCUT2D eigenvalue weighted by atomic mass is 10.1. The quantitative estimate of drug-likeness (QED) is 0.661. The first-order valence-electron chi connectivity index (χ1n) is 10.9. The van der Waals surface area contributed by atoms with E-state index in [9.17, 15) is 18.8 Å². The maximum atomic E-state index is 14.9. The maximum Gasteiger partial charge on any atom is 0.414 e. The van der Waals surface area contributed by atoms with Crippen molar-refractivity contribution < 1.29 is 23.5 Å². The van der Waals surface area contributed by atoms with Crippen molar-refractivity contribution in [2.75, 3.05) is 36.1 Å². The minimum Gasteiger partial charge on any atom is -0.444 e. The first-order valence-corrected chi connectivity index (χ1v) is 10.9. The Morgan fingerprint density at radius 2 is 2.06 bits per heavy atom. The Kier molecular flexibility index (Phi) is 6.82. The zero-order valence-electron chi connectivity index (χ0n) is 18.7. The van der Waals surface area contributed by atoms with Gasteiger partial charge >= 0.3 is 6.09 Å². The monoisotopic (exact) mass is 468 g/mol. The topological polar surface area (TPSA) is 121 Å². The van der Waals surface area contributed by atoms with Gasteiger partial charge in [0.15, 0.2) is 0 Å². The first kappa shape index (κ1) is 23.3. The van der Waals surface area contributed by atoms with Crippen LogP contribution < -0.4 is 15.6 Å². The lowest BCUT2D eigenvalue weighted by Crippen LogP contribution is -2.43. The van der Waals surface area contributed by atoms with Crippen LogP contribution >= 0.6 is 0 Å². The van der Waals surface area contributed by atoms with Crippen LogP contribution in [0.2, 0.25) is 0 Å². The summed E-state index contributed by atoms with van der Waals surface area (Å²) in [6, 6.07) is 7.98. The van der Waals surface area contributed by atoms with E-state index in [1.807, 2.05) is 0 Å². The number of hydrazone groups is 1. The third-order valence-electron chi connectivity index (χ3n) is 5.66. The number of ether oxygens (including phenoxy) is 1. The number of halogens is 1. The summed E-state index contributed by atoms with van der Waals surface area (Å²) in [5, 5.41) is 5.86. The number of nitrogens with zero attached hydrogens (tertiary/aromatic N) is 5. The number of cyclic esters (lactones) is 1. The number of carbonyl (C=O) groups is 3. The molecule has 2 amide bonds. The van der Waals surface area contributed by atoms with Crippen LogP contribution in [0.4, 0.5) is 20.7 Å². The van der Waals surface area contributed by atoms with E-state index in [1.54, 1.807) is 35.5 Å². The fourth-order valence-electron chi connectivity index (χ4n) is 3.77. The van der Waals surface area contributed by atoms with Crippen LogP contribution in [0.15, 0.2) is 41.6 Å². The number of amides is 2. The van der Waals surface area contributed by atoms with Gasteiger partial charge in [0.1, 0.15) is 29.9 Å². The van der Waals surface area contributed by atoms with Crippen LogP contribution in [0.25, 0.3) is 11.1 Å². The van der Waals surface area contributed by atoms with E-state index in [0.29, 0.717) is 48.6 Å². The van der Waals surface area contributed by atoms with E-state index < -0.39 is 18.0 Å². The lowest BCUT2D eigenvalue weighted by molar-refractivity contribution is -0.125. The van der Waals surface area contributed by atoms with Crippen molar-refractivity contribution in [1.82, 2.24) is 9.88 Å². The summed E-state index contributed by atoms with van der Waals surface area (Å²) in [5.41, 5.74) is 6.66. The van der Waals surface area contributed by atoms with Gasteiger partial charge in [-0.25, -0.2) is 19.2 Å². The minimum absolute atomic E-state index is 0.0280. The first-order chi connectivity index (χ1) is 16.4. The molecule has 0 radical (unpaired) electrons. The third kappa shape index (κ3) is 5.04. The molecule has 2 aliphatic heterocycles. The van der Waals surface area contributed by atoms with Crippen LogP contribution in [0.5, 0.6) is 0 Å². The molecule has 0 saturated carbocycles. The molecule has 2 aromatic rings.